The van der Waals surface area contributed by atoms with Crippen molar-refractivity contribution < 1.29 is 22.7 Å². The minimum Gasteiger partial charge on any atom is -0.435 e. The molecule has 1 aromatic carbocycles. The smallest absolute Gasteiger partial charge is 0.387 e. The van der Waals surface area contributed by atoms with Crippen LogP contribution >= 0.6 is 11.8 Å². The van der Waals surface area contributed by atoms with E-state index in [0.717, 1.165) is 26.2 Å². The van der Waals surface area contributed by atoms with Crippen LogP contribution in [0, 0.1) is 0 Å². The number of carbonyl (C=O) groups is 1. The van der Waals surface area contributed by atoms with Crippen LogP contribution in [0.15, 0.2) is 33.9 Å². The molecule has 0 aliphatic carbocycles. The van der Waals surface area contributed by atoms with E-state index in [9.17, 15) is 13.6 Å². The molecule has 3 rings (SSSR count). The van der Waals surface area contributed by atoms with E-state index in [1.807, 2.05) is 11.9 Å². The highest BCUT2D eigenvalue weighted by Gasteiger charge is 2.20. The second-order valence-corrected chi connectivity index (χ2v) is 6.68. The molecule has 0 atom stereocenters. The summed E-state index contributed by atoms with van der Waals surface area (Å²) in [7, 11) is 2.03. The molecular formula is C16H18F2N4O3S. The van der Waals surface area contributed by atoms with E-state index in [-0.39, 0.29) is 28.5 Å². The van der Waals surface area contributed by atoms with E-state index in [2.05, 4.69) is 19.8 Å². The first kappa shape index (κ1) is 18.6. The average Bonchev–Trinajstić information content (AvgIpc) is 3.09. The fourth-order valence-electron chi connectivity index (χ4n) is 2.43. The first-order valence-electron chi connectivity index (χ1n) is 7.99. The lowest BCUT2D eigenvalue weighted by Gasteiger charge is -2.32. The molecule has 1 saturated heterocycles. The molecule has 0 N–H and O–H groups in total. The van der Waals surface area contributed by atoms with Crippen molar-refractivity contribution in [1.82, 2.24) is 20.0 Å². The van der Waals surface area contributed by atoms with Crippen molar-refractivity contribution in [2.45, 2.75) is 11.8 Å². The van der Waals surface area contributed by atoms with Gasteiger partial charge in [-0.1, -0.05) is 11.8 Å². The standard InChI is InChI=1S/C16H18F2N4O3S/c1-21-6-8-22(9-7-21)13(23)10-26-16-20-19-14(25-16)11-2-4-12(5-3-11)24-15(17)18/h2-5,15H,6-10H2,1H3. The lowest BCUT2D eigenvalue weighted by Crippen LogP contribution is -2.47. The Morgan fingerprint density at radius 1 is 1.23 bits per heavy atom. The third kappa shape index (κ3) is 4.92. The second-order valence-electron chi connectivity index (χ2n) is 5.75. The number of rotatable bonds is 6. The zero-order valence-corrected chi connectivity index (χ0v) is 14.9. The highest BCUT2D eigenvalue weighted by molar-refractivity contribution is 7.99. The van der Waals surface area contributed by atoms with E-state index in [1.165, 1.54) is 23.9 Å². The summed E-state index contributed by atoms with van der Waals surface area (Å²) in [6.45, 7) is 0.305. The van der Waals surface area contributed by atoms with Crippen LogP contribution in [0.1, 0.15) is 0 Å². The van der Waals surface area contributed by atoms with Crippen LogP contribution in [0.4, 0.5) is 8.78 Å². The summed E-state index contributed by atoms with van der Waals surface area (Å²) in [5, 5.41) is 8.12. The predicted octanol–water partition coefficient (Wildman–Crippen LogP) is 2.20. The van der Waals surface area contributed by atoms with Crippen molar-refractivity contribution in [3.05, 3.63) is 24.3 Å². The number of nitrogens with zero attached hydrogens (tertiary/aromatic N) is 4. The van der Waals surface area contributed by atoms with E-state index in [4.69, 9.17) is 4.42 Å². The van der Waals surface area contributed by atoms with Gasteiger partial charge in [0, 0.05) is 31.7 Å². The van der Waals surface area contributed by atoms with Gasteiger partial charge < -0.3 is 19.0 Å². The first-order valence-corrected chi connectivity index (χ1v) is 8.97. The quantitative estimate of drug-likeness (QED) is 0.707. The number of hydrogen-bond acceptors (Lipinski definition) is 7. The van der Waals surface area contributed by atoms with Gasteiger partial charge in [-0.25, -0.2) is 0 Å². The molecule has 0 spiro atoms. The van der Waals surface area contributed by atoms with Gasteiger partial charge in [0.1, 0.15) is 5.75 Å². The fraction of sp³-hybridized carbons (Fsp3) is 0.438. The third-order valence-electron chi connectivity index (χ3n) is 3.91. The van der Waals surface area contributed by atoms with Crippen molar-refractivity contribution in [3.63, 3.8) is 0 Å². The van der Waals surface area contributed by atoms with Crippen molar-refractivity contribution >= 4 is 17.7 Å². The van der Waals surface area contributed by atoms with Gasteiger partial charge in [0.05, 0.1) is 5.75 Å². The zero-order chi connectivity index (χ0) is 18.5. The van der Waals surface area contributed by atoms with Gasteiger partial charge in [-0.2, -0.15) is 8.78 Å². The summed E-state index contributed by atoms with van der Waals surface area (Å²) in [4.78, 5) is 16.2. The van der Waals surface area contributed by atoms with Gasteiger partial charge in [-0.15, -0.1) is 10.2 Å². The van der Waals surface area contributed by atoms with Crippen LogP contribution in [0.5, 0.6) is 5.75 Å². The number of likely N-dealkylation sites (N-methyl/N-ethyl adjacent to an activating group) is 1. The summed E-state index contributed by atoms with van der Waals surface area (Å²) in [6.07, 6.45) is 0. The number of hydrogen-bond donors (Lipinski definition) is 0. The van der Waals surface area contributed by atoms with Crippen molar-refractivity contribution in [2.75, 3.05) is 39.0 Å². The minimum absolute atomic E-state index is 0.0383. The molecule has 0 unspecified atom stereocenters. The zero-order valence-electron chi connectivity index (χ0n) is 14.1. The number of halogens is 2. The van der Waals surface area contributed by atoms with Crippen LogP contribution in [0.3, 0.4) is 0 Å². The summed E-state index contributed by atoms with van der Waals surface area (Å²) in [6, 6.07) is 5.90. The van der Waals surface area contributed by atoms with Gasteiger partial charge in [-0.05, 0) is 31.3 Å². The largest absolute Gasteiger partial charge is 0.435 e. The molecule has 2 aromatic rings. The fourth-order valence-corrected chi connectivity index (χ4v) is 3.10. The maximum atomic E-state index is 12.2. The van der Waals surface area contributed by atoms with E-state index < -0.39 is 6.61 Å². The monoisotopic (exact) mass is 384 g/mol. The molecule has 7 nitrogen and oxygen atoms in total. The molecule has 10 heteroatoms. The van der Waals surface area contributed by atoms with E-state index in [0.29, 0.717) is 5.56 Å². The molecule has 0 bridgehead atoms. The maximum Gasteiger partial charge on any atom is 0.387 e. The molecule has 1 amide bonds. The van der Waals surface area contributed by atoms with Crippen molar-refractivity contribution in [1.29, 1.82) is 0 Å². The number of thioether (sulfide) groups is 1. The lowest BCUT2D eigenvalue weighted by atomic mass is 10.2. The Labute approximate surface area is 153 Å². The van der Waals surface area contributed by atoms with Gasteiger partial charge >= 0.3 is 6.61 Å². The second kappa shape index (κ2) is 8.45. The number of carbonyl (C=O) groups excluding carboxylic acids is 1. The van der Waals surface area contributed by atoms with E-state index >= 15 is 0 Å². The summed E-state index contributed by atoms with van der Waals surface area (Å²) in [5.41, 5.74) is 0.580. The molecule has 1 aliphatic heterocycles. The Kier molecular flexibility index (Phi) is 6.04. The van der Waals surface area contributed by atoms with Crippen molar-refractivity contribution in [3.8, 4) is 17.2 Å². The van der Waals surface area contributed by atoms with Crippen LogP contribution in [-0.4, -0.2) is 71.5 Å². The Hall–Kier alpha value is -2.20. The number of ether oxygens (including phenoxy) is 1. The number of alkyl halides is 2. The highest BCUT2D eigenvalue weighted by Crippen LogP contribution is 2.25. The Morgan fingerprint density at radius 2 is 1.92 bits per heavy atom. The van der Waals surface area contributed by atoms with Crippen LogP contribution in [0.2, 0.25) is 0 Å². The van der Waals surface area contributed by atoms with Crippen LogP contribution in [-0.2, 0) is 4.79 Å². The first-order chi connectivity index (χ1) is 12.5. The summed E-state index contributed by atoms with van der Waals surface area (Å²) < 4.78 is 34.1. The highest BCUT2D eigenvalue weighted by atomic mass is 32.2. The molecule has 1 fully saturated rings. The molecule has 1 aromatic heterocycles. The van der Waals surface area contributed by atoms with Crippen LogP contribution < -0.4 is 4.74 Å². The summed E-state index contributed by atoms with van der Waals surface area (Å²) >= 11 is 1.18. The number of amides is 1. The van der Waals surface area contributed by atoms with Crippen molar-refractivity contribution in [2.24, 2.45) is 0 Å². The Bertz CT molecular complexity index is 733. The number of aromatic nitrogens is 2. The van der Waals surface area contributed by atoms with Gasteiger partial charge in [0.15, 0.2) is 0 Å². The molecule has 2 heterocycles. The topological polar surface area (TPSA) is 71.7 Å². The average molecular weight is 384 g/mol. The van der Waals surface area contributed by atoms with Gasteiger partial charge in [0.2, 0.25) is 11.8 Å². The molecule has 0 radical (unpaired) electrons. The Balaban J connectivity index is 1.53. The minimum atomic E-state index is -2.87. The molecule has 1 aliphatic rings. The van der Waals surface area contributed by atoms with Crippen LogP contribution in [0.25, 0.3) is 11.5 Å². The van der Waals surface area contributed by atoms with E-state index in [1.54, 1.807) is 12.1 Å². The SMILES string of the molecule is CN1CCN(C(=O)CSc2nnc(-c3ccc(OC(F)F)cc3)o2)CC1. The number of benzene rings is 1. The lowest BCUT2D eigenvalue weighted by molar-refractivity contribution is -0.129. The Morgan fingerprint density at radius 3 is 2.58 bits per heavy atom. The molecular weight excluding hydrogens is 366 g/mol. The molecule has 140 valence electrons. The normalized spacial score (nSPS) is 15.5. The number of piperazine rings is 1. The molecule has 26 heavy (non-hydrogen) atoms. The third-order valence-corrected chi connectivity index (χ3v) is 4.71. The maximum absolute atomic E-state index is 12.2. The summed E-state index contributed by atoms with van der Waals surface area (Å²) in [5.74, 6) is 0.571. The molecule has 0 saturated carbocycles. The van der Waals surface area contributed by atoms with Gasteiger partial charge in [0.25, 0.3) is 5.22 Å². The van der Waals surface area contributed by atoms with Gasteiger partial charge in [-0.3, -0.25) is 4.79 Å². The predicted molar refractivity (Wildman–Crippen MR) is 91.2 cm³/mol.